The Kier molecular flexibility index (Phi) is 5.22. The first kappa shape index (κ1) is 20.2. The van der Waals surface area contributed by atoms with Gasteiger partial charge < -0.3 is 4.90 Å². The summed E-state index contributed by atoms with van der Waals surface area (Å²) in [4.78, 5) is 8.35. The molecule has 156 valence electrons. The molecule has 0 aromatic carbocycles. The van der Waals surface area contributed by atoms with E-state index in [9.17, 15) is 0 Å². The molecule has 3 nitrogen and oxygen atoms in total. The second-order valence-corrected chi connectivity index (χ2v) is 12.5. The molecule has 0 bridgehead atoms. The van der Waals surface area contributed by atoms with E-state index < -0.39 is 0 Å². The van der Waals surface area contributed by atoms with Gasteiger partial charge in [0.15, 0.2) is 0 Å². The van der Waals surface area contributed by atoms with Crippen LogP contribution in [-0.2, 0) is 0 Å². The molecule has 1 spiro atoms. The summed E-state index contributed by atoms with van der Waals surface area (Å²) in [6.45, 7) is 22.4. The molecular weight excluding hydrogens is 330 g/mol. The average molecular weight is 376 g/mol. The topological polar surface area (TPSA) is 9.72 Å². The van der Waals surface area contributed by atoms with E-state index in [-0.39, 0.29) is 0 Å². The van der Waals surface area contributed by atoms with Crippen molar-refractivity contribution in [1.82, 2.24) is 14.7 Å². The monoisotopic (exact) mass is 375 g/mol. The van der Waals surface area contributed by atoms with Crippen molar-refractivity contribution in [3.8, 4) is 0 Å². The second-order valence-electron chi connectivity index (χ2n) is 12.5. The maximum Gasteiger partial charge on any atom is 0.0125 e. The molecule has 0 amide bonds. The van der Waals surface area contributed by atoms with Gasteiger partial charge in [0.05, 0.1) is 0 Å². The first-order chi connectivity index (χ1) is 12.6. The third kappa shape index (κ3) is 4.12. The third-order valence-electron chi connectivity index (χ3n) is 8.78. The fourth-order valence-electron chi connectivity index (χ4n) is 6.23. The molecule has 0 atom stereocenters. The number of piperidine rings is 2. The molecule has 4 aliphatic rings. The SMILES string of the molecule is CC(C)(C)C1CN(C2CCN(C3CC4(CCN(C(C)(C)C)CC4)C3)CC2)C1. The minimum atomic E-state index is 0.357. The molecule has 0 aromatic rings. The first-order valence-corrected chi connectivity index (χ1v) is 11.8. The van der Waals surface area contributed by atoms with Gasteiger partial charge in [-0.1, -0.05) is 20.8 Å². The van der Waals surface area contributed by atoms with Gasteiger partial charge in [0, 0.05) is 30.7 Å². The average Bonchev–Trinajstić information content (AvgIpc) is 2.50. The molecule has 0 unspecified atom stereocenters. The van der Waals surface area contributed by atoms with Gasteiger partial charge in [0.25, 0.3) is 0 Å². The van der Waals surface area contributed by atoms with Gasteiger partial charge in [-0.2, -0.15) is 0 Å². The Morgan fingerprint density at radius 1 is 0.704 bits per heavy atom. The summed E-state index contributed by atoms with van der Waals surface area (Å²) in [5.74, 6) is 0.918. The van der Waals surface area contributed by atoms with Crippen LogP contribution in [-0.4, -0.2) is 71.6 Å². The maximum absolute atomic E-state index is 2.86. The van der Waals surface area contributed by atoms with Gasteiger partial charge in [-0.3, -0.25) is 9.80 Å². The number of hydrogen-bond donors (Lipinski definition) is 0. The molecule has 4 rings (SSSR count). The number of nitrogens with zero attached hydrogens (tertiary/aromatic N) is 3. The van der Waals surface area contributed by atoms with Gasteiger partial charge >= 0.3 is 0 Å². The molecule has 0 N–H and O–H groups in total. The van der Waals surface area contributed by atoms with Crippen LogP contribution in [0.4, 0.5) is 0 Å². The zero-order chi connectivity index (χ0) is 19.4. The fourth-order valence-corrected chi connectivity index (χ4v) is 6.23. The van der Waals surface area contributed by atoms with Crippen molar-refractivity contribution in [2.45, 2.75) is 97.7 Å². The van der Waals surface area contributed by atoms with E-state index in [0.29, 0.717) is 16.4 Å². The van der Waals surface area contributed by atoms with Crippen LogP contribution in [0, 0.1) is 16.7 Å². The Labute approximate surface area is 168 Å². The highest BCUT2D eigenvalue weighted by molar-refractivity contribution is 5.03. The normalized spacial score (nSPS) is 30.4. The summed E-state index contributed by atoms with van der Waals surface area (Å²) >= 11 is 0. The zero-order valence-electron chi connectivity index (χ0n) is 19.1. The second kappa shape index (κ2) is 6.99. The largest absolute Gasteiger partial charge is 0.300 e. The molecule has 4 fully saturated rings. The highest BCUT2D eigenvalue weighted by atomic mass is 15.3. The van der Waals surface area contributed by atoms with Crippen LogP contribution >= 0.6 is 0 Å². The number of hydrogen-bond acceptors (Lipinski definition) is 3. The number of likely N-dealkylation sites (tertiary alicyclic amines) is 3. The number of rotatable bonds is 2. The zero-order valence-corrected chi connectivity index (χ0v) is 19.1. The van der Waals surface area contributed by atoms with Gasteiger partial charge in [-0.05, 0) is 102 Å². The summed E-state index contributed by atoms with van der Waals surface area (Å²) in [5, 5.41) is 0. The van der Waals surface area contributed by atoms with Crippen LogP contribution in [0.25, 0.3) is 0 Å². The smallest absolute Gasteiger partial charge is 0.0125 e. The summed E-state index contributed by atoms with van der Waals surface area (Å²) in [6.07, 6.45) is 8.70. The summed E-state index contributed by atoms with van der Waals surface area (Å²) in [7, 11) is 0. The van der Waals surface area contributed by atoms with Crippen molar-refractivity contribution < 1.29 is 0 Å². The maximum atomic E-state index is 2.86. The molecule has 1 aliphatic carbocycles. The van der Waals surface area contributed by atoms with E-state index in [1.165, 1.54) is 77.8 Å². The summed E-state index contributed by atoms with van der Waals surface area (Å²) in [6, 6.07) is 1.79. The van der Waals surface area contributed by atoms with Gasteiger partial charge in [-0.15, -0.1) is 0 Å². The van der Waals surface area contributed by atoms with Crippen LogP contribution < -0.4 is 0 Å². The molecule has 3 heterocycles. The lowest BCUT2D eigenvalue weighted by Gasteiger charge is -2.58. The van der Waals surface area contributed by atoms with E-state index in [4.69, 9.17) is 0 Å². The van der Waals surface area contributed by atoms with Crippen LogP contribution in [0.3, 0.4) is 0 Å². The Balaban J connectivity index is 1.17. The quantitative estimate of drug-likeness (QED) is 0.705. The standard InChI is InChI=1S/C24H45N3/c1-22(2,3)19-17-26(18-19)20-7-11-25(12-8-20)21-15-24(16-21)9-13-27(14-10-24)23(4,5)6/h19-21H,7-18H2,1-6H3. The van der Waals surface area contributed by atoms with Crippen molar-refractivity contribution in [2.75, 3.05) is 39.3 Å². The lowest BCUT2D eigenvalue weighted by Crippen LogP contribution is -2.61. The van der Waals surface area contributed by atoms with Gasteiger partial charge in [0.2, 0.25) is 0 Å². The van der Waals surface area contributed by atoms with E-state index in [1.807, 2.05) is 0 Å². The predicted molar refractivity (Wildman–Crippen MR) is 115 cm³/mol. The molecule has 27 heavy (non-hydrogen) atoms. The van der Waals surface area contributed by atoms with E-state index in [1.54, 1.807) is 0 Å². The Hall–Kier alpha value is -0.120. The molecule has 1 saturated carbocycles. The first-order valence-electron chi connectivity index (χ1n) is 11.8. The minimum absolute atomic E-state index is 0.357. The molecule has 3 aliphatic heterocycles. The van der Waals surface area contributed by atoms with Crippen molar-refractivity contribution in [3.05, 3.63) is 0 Å². The lowest BCUT2D eigenvalue weighted by atomic mass is 9.59. The molecule has 3 saturated heterocycles. The summed E-state index contributed by atoms with van der Waals surface area (Å²) in [5.41, 5.74) is 1.57. The van der Waals surface area contributed by atoms with Crippen molar-refractivity contribution >= 4 is 0 Å². The highest BCUT2D eigenvalue weighted by Crippen LogP contribution is 2.52. The van der Waals surface area contributed by atoms with Gasteiger partial charge in [0.1, 0.15) is 0 Å². The van der Waals surface area contributed by atoms with E-state index in [2.05, 4.69) is 56.2 Å². The Morgan fingerprint density at radius 2 is 1.26 bits per heavy atom. The molecule has 3 heteroatoms. The minimum Gasteiger partial charge on any atom is -0.300 e. The van der Waals surface area contributed by atoms with E-state index >= 15 is 0 Å². The highest BCUT2D eigenvalue weighted by Gasteiger charge is 2.49. The van der Waals surface area contributed by atoms with Crippen LogP contribution in [0.5, 0.6) is 0 Å². The fraction of sp³-hybridized carbons (Fsp3) is 1.00. The van der Waals surface area contributed by atoms with Gasteiger partial charge in [-0.25, -0.2) is 0 Å². The third-order valence-corrected chi connectivity index (χ3v) is 8.78. The lowest BCUT2D eigenvalue weighted by molar-refractivity contribution is -0.0764. The van der Waals surface area contributed by atoms with Crippen LogP contribution in [0.1, 0.15) is 80.1 Å². The summed E-state index contributed by atoms with van der Waals surface area (Å²) < 4.78 is 0. The predicted octanol–water partition coefficient (Wildman–Crippen LogP) is 4.47. The Bertz CT molecular complexity index is 499. The van der Waals surface area contributed by atoms with Crippen molar-refractivity contribution in [3.63, 3.8) is 0 Å². The van der Waals surface area contributed by atoms with Crippen molar-refractivity contribution in [2.24, 2.45) is 16.7 Å². The van der Waals surface area contributed by atoms with Crippen LogP contribution in [0.15, 0.2) is 0 Å². The van der Waals surface area contributed by atoms with Crippen LogP contribution in [0.2, 0.25) is 0 Å². The molecule has 0 radical (unpaired) electrons. The molecular formula is C24H45N3. The van der Waals surface area contributed by atoms with E-state index in [0.717, 1.165) is 18.0 Å². The molecule has 0 aromatic heterocycles. The Morgan fingerprint density at radius 3 is 1.74 bits per heavy atom. The van der Waals surface area contributed by atoms with Crippen molar-refractivity contribution in [1.29, 1.82) is 0 Å².